The quantitative estimate of drug-likeness (QED) is 0.758. The molecule has 0 fully saturated rings. The molecule has 21 heavy (non-hydrogen) atoms. The third kappa shape index (κ3) is 2.78. The number of halogens is 1. The van der Waals surface area contributed by atoms with E-state index in [0.717, 1.165) is 27.4 Å². The van der Waals surface area contributed by atoms with Crippen molar-refractivity contribution in [3.8, 4) is 5.75 Å². The van der Waals surface area contributed by atoms with Crippen LogP contribution in [-0.4, -0.2) is 28.5 Å². The van der Waals surface area contributed by atoms with Crippen molar-refractivity contribution >= 4 is 38.9 Å². The highest BCUT2D eigenvalue weighted by molar-refractivity contribution is 9.10. The maximum Gasteiger partial charge on any atom is 0.180 e. The Kier molecular flexibility index (Phi) is 3.66. The lowest BCUT2D eigenvalue weighted by Crippen LogP contribution is -2.02. The number of anilines is 3. The van der Waals surface area contributed by atoms with Crippen molar-refractivity contribution in [3.63, 3.8) is 0 Å². The van der Waals surface area contributed by atoms with Crippen LogP contribution in [0.15, 0.2) is 41.3 Å². The Bertz CT molecular complexity index is 786. The molecular formula is C14H14BrN5O. The molecule has 0 saturated heterocycles. The summed E-state index contributed by atoms with van der Waals surface area (Å²) in [7, 11) is 3.47. The third-order valence-electron chi connectivity index (χ3n) is 3.00. The summed E-state index contributed by atoms with van der Waals surface area (Å²) in [5.41, 5.74) is 1.62. The first-order valence-electron chi connectivity index (χ1n) is 6.32. The van der Waals surface area contributed by atoms with Crippen LogP contribution in [0.3, 0.4) is 0 Å². The number of imidazole rings is 1. The third-order valence-corrected chi connectivity index (χ3v) is 3.46. The summed E-state index contributed by atoms with van der Waals surface area (Å²) in [6.07, 6.45) is 5.50. The Hall–Kier alpha value is -2.28. The van der Waals surface area contributed by atoms with Gasteiger partial charge in [0.15, 0.2) is 11.5 Å². The number of fused-ring (bicyclic) bond motifs is 1. The number of methoxy groups -OCH3 is 1. The van der Waals surface area contributed by atoms with E-state index in [2.05, 4.69) is 36.5 Å². The highest BCUT2D eigenvalue weighted by Gasteiger charge is 2.08. The van der Waals surface area contributed by atoms with Crippen molar-refractivity contribution in [3.05, 3.63) is 41.3 Å². The molecule has 0 amide bonds. The van der Waals surface area contributed by atoms with Crippen LogP contribution in [0.1, 0.15) is 0 Å². The predicted molar refractivity (Wildman–Crippen MR) is 86.5 cm³/mol. The van der Waals surface area contributed by atoms with E-state index in [1.54, 1.807) is 13.3 Å². The molecule has 2 N–H and O–H groups in total. The molecule has 0 saturated carbocycles. The Balaban J connectivity index is 2.04. The molecule has 108 valence electrons. The first-order valence-corrected chi connectivity index (χ1v) is 7.12. The molecule has 0 radical (unpaired) electrons. The van der Waals surface area contributed by atoms with Gasteiger partial charge < -0.3 is 19.8 Å². The number of benzene rings is 1. The van der Waals surface area contributed by atoms with E-state index in [9.17, 15) is 0 Å². The zero-order valence-corrected chi connectivity index (χ0v) is 13.2. The molecule has 0 aliphatic carbocycles. The zero-order valence-electron chi connectivity index (χ0n) is 11.6. The number of ether oxygens (including phenoxy) is 1. The van der Waals surface area contributed by atoms with Crippen LogP contribution < -0.4 is 15.4 Å². The molecule has 0 bridgehead atoms. The lowest BCUT2D eigenvalue weighted by molar-refractivity contribution is 0.415. The van der Waals surface area contributed by atoms with Crippen LogP contribution in [0.4, 0.5) is 17.3 Å². The van der Waals surface area contributed by atoms with Gasteiger partial charge in [-0.25, -0.2) is 9.97 Å². The fourth-order valence-electron chi connectivity index (χ4n) is 2.03. The van der Waals surface area contributed by atoms with Crippen LogP contribution in [-0.2, 0) is 0 Å². The Labute approximate surface area is 130 Å². The van der Waals surface area contributed by atoms with Crippen LogP contribution in [0.2, 0.25) is 0 Å². The Morgan fingerprint density at radius 2 is 2.14 bits per heavy atom. The van der Waals surface area contributed by atoms with E-state index in [-0.39, 0.29) is 0 Å². The van der Waals surface area contributed by atoms with E-state index in [0.29, 0.717) is 5.82 Å². The molecule has 0 aliphatic heterocycles. The highest BCUT2D eigenvalue weighted by atomic mass is 79.9. The zero-order chi connectivity index (χ0) is 14.8. The van der Waals surface area contributed by atoms with Crippen LogP contribution >= 0.6 is 15.9 Å². The second-order valence-corrected chi connectivity index (χ2v) is 5.30. The summed E-state index contributed by atoms with van der Waals surface area (Å²) in [4.78, 5) is 8.83. The van der Waals surface area contributed by atoms with Gasteiger partial charge in [0.2, 0.25) is 0 Å². The van der Waals surface area contributed by atoms with Gasteiger partial charge in [0.1, 0.15) is 11.6 Å². The highest BCUT2D eigenvalue weighted by Crippen LogP contribution is 2.28. The Morgan fingerprint density at radius 3 is 2.90 bits per heavy atom. The number of rotatable bonds is 4. The molecule has 3 aromatic rings. The van der Waals surface area contributed by atoms with Gasteiger partial charge in [-0.1, -0.05) is 15.9 Å². The smallest absolute Gasteiger partial charge is 0.180 e. The van der Waals surface area contributed by atoms with Gasteiger partial charge in [0.25, 0.3) is 0 Å². The molecule has 6 nitrogen and oxygen atoms in total. The van der Waals surface area contributed by atoms with Crippen molar-refractivity contribution in [2.45, 2.75) is 0 Å². The SMILES string of the molecule is CNc1cn2ccnc2c(Nc2cc(Br)cc(OC)c2)n1. The van der Waals surface area contributed by atoms with Gasteiger partial charge in [0, 0.05) is 35.7 Å². The fraction of sp³-hybridized carbons (Fsp3) is 0.143. The van der Waals surface area contributed by atoms with Gasteiger partial charge in [-0.15, -0.1) is 0 Å². The van der Waals surface area contributed by atoms with E-state index in [4.69, 9.17) is 4.74 Å². The molecule has 0 aliphatic rings. The van der Waals surface area contributed by atoms with E-state index >= 15 is 0 Å². The second-order valence-electron chi connectivity index (χ2n) is 4.39. The standard InChI is InChI=1S/C14H14BrN5O/c1-16-12-8-20-4-3-17-14(20)13(19-12)18-10-5-9(15)6-11(7-10)21-2/h3-8,16H,1-2H3,(H,18,19). The maximum absolute atomic E-state index is 5.27. The topological polar surface area (TPSA) is 63.5 Å². The molecule has 3 rings (SSSR count). The van der Waals surface area contributed by atoms with Gasteiger partial charge in [-0.2, -0.15) is 0 Å². The number of hydrogen-bond acceptors (Lipinski definition) is 5. The van der Waals surface area contributed by atoms with Gasteiger partial charge in [-0.3, -0.25) is 0 Å². The van der Waals surface area contributed by atoms with Crippen LogP contribution in [0.5, 0.6) is 5.75 Å². The molecule has 0 unspecified atom stereocenters. The van der Waals surface area contributed by atoms with Crippen LogP contribution in [0, 0.1) is 0 Å². The minimum atomic E-state index is 0.673. The minimum absolute atomic E-state index is 0.673. The van der Waals surface area contributed by atoms with Crippen molar-refractivity contribution in [1.29, 1.82) is 0 Å². The predicted octanol–water partition coefficient (Wildman–Crippen LogP) is 3.29. The fourth-order valence-corrected chi connectivity index (χ4v) is 2.50. The molecular weight excluding hydrogens is 334 g/mol. The average molecular weight is 348 g/mol. The number of nitrogens with one attached hydrogen (secondary N) is 2. The van der Waals surface area contributed by atoms with Gasteiger partial charge in [-0.05, 0) is 12.1 Å². The molecule has 1 aromatic carbocycles. The first-order chi connectivity index (χ1) is 10.2. The number of nitrogens with zero attached hydrogens (tertiary/aromatic N) is 3. The average Bonchev–Trinajstić information content (AvgIpc) is 2.95. The molecule has 7 heteroatoms. The van der Waals surface area contributed by atoms with Crippen molar-refractivity contribution in [1.82, 2.24) is 14.4 Å². The summed E-state index contributed by atoms with van der Waals surface area (Å²) in [6.45, 7) is 0. The van der Waals surface area contributed by atoms with E-state index in [1.165, 1.54) is 0 Å². The second kappa shape index (κ2) is 5.61. The van der Waals surface area contributed by atoms with E-state index in [1.807, 2.05) is 42.0 Å². The van der Waals surface area contributed by atoms with Crippen molar-refractivity contribution in [2.24, 2.45) is 0 Å². The summed E-state index contributed by atoms with van der Waals surface area (Å²) >= 11 is 3.46. The lowest BCUT2D eigenvalue weighted by Gasteiger charge is -2.11. The minimum Gasteiger partial charge on any atom is -0.497 e. The maximum atomic E-state index is 5.27. The monoisotopic (exact) mass is 347 g/mol. The largest absolute Gasteiger partial charge is 0.497 e. The van der Waals surface area contributed by atoms with Crippen molar-refractivity contribution in [2.75, 3.05) is 24.8 Å². The molecule has 2 aromatic heterocycles. The normalized spacial score (nSPS) is 10.6. The van der Waals surface area contributed by atoms with Crippen molar-refractivity contribution < 1.29 is 4.74 Å². The molecule has 2 heterocycles. The van der Waals surface area contributed by atoms with Crippen LogP contribution in [0.25, 0.3) is 5.65 Å². The van der Waals surface area contributed by atoms with Gasteiger partial charge in [0.05, 0.1) is 13.3 Å². The summed E-state index contributed by atoms with van der Waals surface area (Å²) in [6, 6.07) is 5.75. The molecule has 0 atom stereocenters. The number of hydrogen-bond donors (Lipinski definition) is 2. The molecule has 0 spiro atoms. The lowest BCUT2D eigenvalue weighted by atomic mass is 10.3. The number of aromatic nitrogens is 3. The Morgan fingerprint density at radius 1 is 1.29 bits per heavy atom. The summed E-state index contributed by atoms with van der Waals surface area (Å²) in [5.74, 6) is 2.19. The summed E-state index contributed by atoms with van der Waals surface area (Å²) < 4.78 is 8.10. The first kappa shape index (κ1) is 13.7. The van der Waals surface area contributed by atoms with Gasteiger partial charge >= 0.3 is 0 Å². The summed E-state index contributed by atoms with van der Waals surface area (Å²) in [5, 5.41) is 6.31. The van der Waals surface area contributed by atoms with E-state index < -0.39 is 0 Å².